The third kappa shape index (κ3) is 7.27. The van der Waals surface area contributed by atoms with Gasteiger partial charge in [0.15, 0.2) is 0 Å². The van der Waals surface area contributed by atoms with Gasteiger partial charge in [0.25, 0.3) is 0 Å². The van der Waals surface area contributed by atoms with Crippen molar-refractivity contribution in [1.82, 2.24) is 0 Å². The molecular formula is C16H28SSi. The van der Waals surface area contributed by atoms with E-state index in [4.69, 9.17) is 0 Å². The predicted molar refractivity (Wildman–Crippen MR) is 88.3 cm³/mol. The molecule has 0 aliphatic carbocycles. The van der Waals surface area contributed by atoms with Gasteiger partial charge < -0.3 is 0 Å². The summed E-state index contributed by atoms with van der Waals surface area (Å²) in [6.45, 7) is 12.1. The summed E-state index contributed by atoms with van der Waals surface area (Å²) in [6.07, 6.45) is 2.72. The number of thioether (sulfide) groups is 1. The molecule has 0 nitrogen and oxygen atoms in total. The van der Waals surface area contributed by atoms with Crippen LogP contribution in [0.25, 0.3) is 0 Å². The molecule has 0 bridgehead atoms. The van der Waals surface area contributed by atoms with Crippen molar-refractivity contribution >= 4 is 19.8 Å². The molecule has 102 valence electrons. The zero-order chi connectivity index (χ0) is 13.6. The van der Waals surface area contributed by atoms with Crippen LogP contribution in [-0.4, -0.2) is 13.3 Å². The average Bonchev–Trinajstić information content (AvgIpc) is 2.25. The maximum Gasteiger partial charge on any atom is 0.0443 e. The van der Waals surface area contributed by atoms with Gasteiger partial charge in [-0.1, -0.05) is 57.7 Å². The summed E-state index contributed by atoms with van der Waals surface area (Å²) in [5, 5.41) is 0.791. The summed E-state index contributed by atoms with van der Waals surface area (Å²) in [5.41, 5.74) is 0. The van der Waals surface area contributed by atoms with Gasteiger partial charge in [-0.05, 0) is 30.9 Å². The molecule has 0 amide bonds. The molecule has 1 unspecified atom stereocenters. The van der Waals surface area contributed by atoms with Gasteiger partial charge in [-0.3, -0.25) is 0 Å². The Morgan fingerprint density at radius 1 is 1.06 bits per heavy atom. The summed E-state index contributed by atoms with van der Waals surface area (Å²) in [5.74, 6) is 0.799. The van der Waals surface area contributed by atoms with Crippen molar-refractivity contribution in [2.45, 2.75) is 62.5 Å². The minimum absolute atomic E-state index is 0.791. The first-order chi connectivity index (χ1) is 8.37. The first-order valence-corrected chi connectivity index (χ1v) is 11.7. The average molecular weight is 281 g/mol. The molecule has 0 saturated heterocycles. The molecule has 0 aliphatic rings. The van der Waals surface area contributed by atoms with Crippen LogP contribution in [-0.2, 0) is 0 Å². The van der Waals surface area contributed by atoms with Crippen LogP contribution in [0.2, 0.25) is 25.7 Å². The predicted octanol–water partition coefficient (Wildman–Crippen LogP) is 5.92. The fraction of sp³-hybridized carbons (Fsp3) is 0.625. The van der Waals surface area contributed by atoms with Gasteiger partial charge in [0.2, 0.25) is 0 Å². The minimum Gasteiger partial charge on any atom is -0.123 e. The van der Waals surface area contributed by atoms with Gasteiger partial charge in [-0.25, -0.2) is 0 Å². The molecule has 1 aromatic rings. The molecular weight excluding hydrogens is 252 g/mol. The van der Waals surface area contributed by atoms with Crippen LogP contribution >= 0.6 is 11.8 Å². The molecule has 18 heavy (non-hydrogen) atoms. The van der Waals surface area contributed by atoms with E-state index in [9.17, 15) is 0 Å². The standard InChI is InChI=1S/C16H28SSi/c1-14(2)13-16(11-12-18(3,4)5)17-15-9-7-6-8-10-15/h6-10,14,16H,11-13H2,1-5H3. The van der Waals surface area contributed by atoms with E-state index in [1.807, 2.05) is 0 Å². The van der Waals surface area contributed by atoms with Crippen molar-refractivity contribution in [3.63, 3.8) is 0 Å². The normalized spacial score (nSPS) is 13.9. The van der Waals surface area contributed by atoms with Gasteiger partial charge in [-0.15, -0.1) is 11.8 Å². The maximum atomic E-state index is 2.48. The Morgan fingerprint density at radius 3 is 2.17 bits per heavy atom. The van der Waals surface area contributed by atoms with Crippen molar-refractivity contribution < 1.29 is 0 Å². The van der Waals surface area contributed by atoms with E-state index >= 15 is 0 Å². The van der Waals surface area contributed by atoms with Crippen LogP contribution in [0.3, 0.4) is 0 Å². The molecule has 1 atom stereocenters. The molecule has 0 fully saturated rings. The molecule has 0 spiro atoms. The molecule has 0 radical (unpaired) electrons. The molecule has 1 rings (SSSR count). The lowest BCUT2D eigenvalue weighted by atomic mass is 10.1. The number of benzene rings is 1. The Bertz CT molecular complexity index is 327. The van der Waals surface area contributed by atoms with Gasteiger partial charge in [0, 0.05) is 18.2 Å². The highest BCUT2D eigenvalue weighted by atomic mass is 32.2. The summed E-state index contributed by atoms with van der Waals surface area (Å²) in [6, 6.07) is 12.3. The highest BCUT2D eigenvalue weighted by Gasteiger charge is 2.18. The summed E-state index contributed by atoms with van der Waals surface area (Å²) >= 11 is 2.08. The topological polar surface area (TPSA) is 0 Å². The zero-order valence-electron chi connectivity index (χ0n) is 12.6. The summed E-state index contributed by atoms with van der Waals surface area (Å²) in [7, 11) is -0.902. The van der Waals surface area contributed by atoms with Gasteiger partial charge in [0.1, 0.15) is 0 Å². The second-order valence-corrected chi connectivity index (χ2v) is 13.8. The van der Waals surface area contributed by atoms with E-state index in [-0.39, 0.29) is 0 Å². The Balaban J connectivity index is 2.55. The van der Waals surface area contributed by atoms with E-state index in [2.05, 4.69) is 75.6 Å². The first kappa shape index (κ1) is 15.8. The number of hydrogen-bond acceptors (Lipinski definition) is 1. The maximum absolute atomic E-state index is 2.48. The summed E-state index contributed by atoms with van der Waals surface area (Å²) in [4.78, 5) is 1.43. The fourth-order valence-electron chi connectivity index (χ4n) is 2.04. The van der Waals surface area contributed by atoms with E-state index in [0.29, 0.717) is 0 Å². The lowest BCUT2D eigenvalue weighted by Gasteiger charge is -2.23. The molecule has 0 aromatic heterocycles. The van der Waals surface area contributed by atoms with Crippen molar-refractivity contribution in [3.05, 3.63) is 30.3 Å². The monoisotopic (exact) mass is 280 g/mol. The van der Waals surface area contributed by atoms with Crippen molar-refractivity contribution in [3.8, 4) is 0 Å². The van der Waals surface area contributed by atoms with Crippen LogP contribution in [0.15, 0.2) is 35.2 Å². The second-order valence-electron chi connectivity index (χ2n) is 6.78. The Kier molecular flexibility index (Phi) is 6.51. The zero-order valence-corrected chi connectivity index (χ0v) is 14.4. The number of rotatable bonds is 7. The van der Waals surface area contributed by atoms with E-state index in [1.165, 1.54) is 23.8 Å². The van der Waals surface area contributed by atoms with Crippen LogP contribution in [0.1, 0.15) is 26.7 Å². The van der Waals surface area contributed by atoms with Crippen LogP contribution in [0.5, 0.6) is 0 Å². The molecule has 0 aliphatic heterocycles. The van der Waals surface area contributed by atoms with Crippen molar-refractivity contribution in [2.24, 2.45) is 5.92 Å². The quantitative estimate of drug-likeness (QED) is 0.441. The van der Waals surface area contributed by atoms with E-state index in [1.54, 1.807) is 0 Å². The van der Waals surface area contributed by atoms with Gasteiger partial charge >= 0.3 is 0 Å². The molecule has 0 saturated carbocycles. The third-order valence-electron chi connectivity index (χ3n) is 3.00. The van der Waals surface area contributed by atoms with Crippen molar-refractivity contribution in [1.29, 1.82) is 0 Å². The minimum atomic E-state index is -0.902. The third-order valence-corrected chi connectivity index (χ3v) is 6.09. The highest BCUT2D eigenvalue weighted by Crippen LogP contribution is 2.32. The molecule has 0 N–H and O–H groups in total. The first-order valence-electron chi connectivity index (χ1n) is 7.08. The highest BCUT2D eigenvalue weighted by molar-refractivity contribution is 8.00. The van der Waals surface area contributed by atoms with Crippen molar-refractivity contribution in [2.75, 3.05) is 0 Å². The van der Waals surface area contributed by atoms with Gasteiger partial charge in [0.05, 0.1) is 0 Å². The Hall–Kier alpha value is -0.213. The lowest BCUT2D eigenvalue weighted by Crippen LogP contribution is -2.21. The van der Waals surface area contributed by atoms with Crippen LogP contribution in [0, 0.1) is 5.92 Å². The molecule has 2 heteroatoms. The van der Waals surface area contributed by atoms with Crippen LogP contribution < -0.4 is 0 Å². The second kappa shape index (κ2) is 7.39. The molecule has 1 aromatic carbocycles. The number of hydrogen-bond donors (Lipinski definition) is 0. The Labute approximate surface area is 119 Å². The fourth-order valence-corrected chi connectivity index (χ4v) is 4.88. The van der Waals surface area contributed by atoms with E-state index < -0.39 is 8.07 Å². The van der Waals surface area contributed by atoms with E-state index in [0.717, 1.165) is 11.2 Å². The lowest BCUT2D eigenvalue weighted by molar-refractivity contribution is 0.559. The Morgan fingerprint density at radius 2 is 1.67 bits per heavy atom. The van der Waals surface area contributed by atoms with Crippen LogP contribution in [0.4, 0.5) is 0 Å². The largest absolute Gasteiger partial charge is 0.123 e. The van der Waals surface area contributed by atoms with Gasteiger partial charge in [-0.2, -0.15) is 0 Å². The summed E-state index contributed by atoms with van der Waals surface area (Å²) < 4.78 is 0. The smallest absolute Gasteiger partial charge is 0.0443 e. The SMILES string of the molecule is CC(C)CC(CC[Si](C)(C)C)Sc1ccccc1. The molecule has 0 heterocycles.